The zero-order chi connectivity index (χ0) is 14.3. The summed E-state index contributed by atoms with van der Waals surface area (Å²) < 4.78 is 5.59. The van der Waals surface area contributed by atoms with E-state index in [1.807, 2.05) is 0 Å². The van der Waals surface area contributed by atoms with E-state index in [1.54, 1.807) is 25.1 Å². The third-order valence-corrected chi connectivity index (χ3v) is 2.83. The van der Waals surface area contributed by atoms with Gasteiger partial charge in [0.25, 0.3) is 0 Å². The van der Waals surface area contributed by atoms with Crippen LogP contribution >= 0.6 is 0 Å². The Morgan fingerprint density at radius 2 is 2.21 bits per heavy atom. The molecule has 5 heteroatoms. The Morgan fingerprint density at radius 1 is 1.47 bits per heavy atom. The lowest BCUT2D eigenvalue weighted by molar-refractivity contribution is -0.386. The second kappa shape index (κ2) is 7.74. The Bertz CT molecular complexity index is 421. The SMILES string of the molecule is CCCNCC(C)COc1cccc(C)c1[N+](=O)[O-]. The molecular formula is C14H22N2O3. The fourth-order valence-corrected chi connectivity index (χ4v) is 1.80. The Labute approximate surface area is 114 Å². The van der Waals surface area contributed by atoms with Crippen molar-refractivity contribution < 1.29 is 9.66 Å². The van der Waals surface area contributed by atoms with Gasteiger partial charge in [0, 0.05) is 18.0 Å². The number of nitrogens with zero attached hydrogens (tertiary/aromatic N) is 1. The van der Waals surface area contributed by atoms with Crippen molar-refractivity contribution in [1.82, 2.24) is 5.32 Å². The van der Waals surface area contributed by atoms with E-state index in [4.69, 9.17) is 4.74 Å². The van der Waals surface area contributed by atoms with E-state index in [0.29, 0.717) is 23.8 Å². The van der Waals surface area contributed by atoms with Gasteiger partial charge >= 0.3 is 5.69 Å². The molecule has 1 rings (SSSR count). The molecule has 0 saturated carbocycles. The van der Waals surface area contributed by atoms with Crippen LogP contribution in [-0.4, -0.2) is 24.6 Å². The lowest BCUT2D eigenvalue weighted by Gasteiger charge is -2.14. The highest BCUT2D eigenvalue weighted by molar-refractivity contribution is 5.51. The highest BCUT2D eigenvalue weighted by Gasteiger charge is 2.18. The molecule has 19 heavy (non-hydrogen) atoms. The predicted octanol–water partition coefficient (Wildman–Crippen LogP) is 2.92. The highest BCUT2D eigenvalue weighted by Crippen LogP contribution is 2.30. The molecule has 1 aromatic rings. The minimum atomic E-state index is -0.384. The predicted molar refractivity (Wildman–Crippen MR) is 75.7 cm³/mol. The van der Waals surface area contributed by atoms with Gasteiger partial charge in [0.1, 0.15) is 0 Å². The average molecular weight is 266 g/mol. The highest BCUT2D eigenvalue weighted by atomic mass is 16.6. The third-order valence-electron chi connectivity index (χ3n) is 2.83. The zero-order valence-electron chi connectivity index (χ0n) is 11.8. The number of rotatable bonds is 8. The van der Waals surface area contributed by atoms with Gasteiger partial charge in [-0.15, -0.1) is 0 Å². The van der Waals surface area contributed by atoms with Crippen LogP contribution in [0.25, 0.3) is 0 Å². The van der Waals surface area contributed by atoms with Crippen molar-refractivity contribution in [2.45, 2.75) is 27.2 Å². The van der Waals surface area contributed by atoms with Crippen LogP contribution in [0.15, 0.2) is 18.2 Å². The van der Waals surface area contributed by atoms with Gasteiger partial charge < -0.3 is 10.1 Å². The van der Waals surface area contributed by atoms with Gasteiger partial charge in [-0.3, -0.25) is 10.1 Å². The molecule has 1 aromatic carbocycles. The van der Waals surface area contributed by atoms with Crippen molar-refractivity contribution in [3.8, 4) is 5.75 Å². The molecule has 0 bridgehead atoms. The molecule has 0 aromatic heterocycles. The molecule has 1 unspecified atom stereocenters. The van der Waals surface area contributed by atoms with Gasteiger partial charge in [-0.05, 0) is 26.0 Å². The van der Waals surface area contributed by atoms with Crippen molar-refractivity contribution in [3.63, 3.8) is 0 Å². The molecule has 0 saturated heterocycles. The zero-order valence-corrected chi connectivity index (χ0v) is 11.8. The lowest BCUT2D eigenvalue weighted by atomic mass is 10.1. The summed E-state index contributed by atoms with van der Waals surface area (Å²) in [5, 5.41) is 14.3. The Kier molecular flexibility index (Phi) is 6.29. The average Bonchev–Trinajstić information content (AvgIpc) is 2.36. The molecule has 0 aliphatic heterocycles. The van der Waals surface area contributed by atoms with E-state index in [1.165, 1.54) is 0 Å². The monoisotopic (exact) mass is 266 g/mol. The fraction of sp³-hybridized carbons (Fsp3) is 0.571. The van der Waals surface area contributed by atoms with Crippen LogP contribution in [0.4, 0.5) is 5.69 Å². The summed E-state index contributed by atoms with van der Waals surface area (Å²) in [7, 11) is 0. The topological polar surface area (TPSA) is 64.4 Å². The number of aryl methyl sites for hydroxylation is 1. The van der Waals surface area contributed by atoms with Crippen LogP contribution in [0.2, 0.25) is 0 Å². The van der Waals surface area contributed by atoms with Crippen LogP contribution in [0.1, 0.15) is 25.8 Å². The number of para-hydroxylation sites is 1. The first-order valence-electron chi connectivity index (χ1n) is 6.63. The fourth-order valence-electron chi connectivity index (χ4n) is 1.80. The number of nitro benzene ring substituents is 1. The maximum absolute atomic E-state index is 11.0. The van der Waals surface area contributed by atoms with Crippen molar-refractivity contribution in [2.24, 2.45) is 5.92 Å². The molecule has 0 heterocycles. The normalized spacial score (nSPS) is 12.2. The number of ether oxygens (including phenoxy) is 1. The molecule has 0 radical (unpaired) electrons. The van der Waals surface area contributed by atoms with Crippen molar-refractivity contribution in [3.05, 3.63) is 33.9 Å². The Hall–Kier alpha value is -1.62. The quantitative estimate of drug-likeness (QED) is 0.446. The van der Waals surface area contributed by atoms with Crippen molar-refractivity contribution in [2.75, 3.05) is 19.7 Å². The van der Waals surface area contributed by atoms with E-state index < -0.39 is 0 Å². The number of benzene rings is 1. The van der Waals surface area contributed by atoms with Crippen LogP contribution in [0, 0.1) is 23.0 Å². The summed E-state index contributed by atoms with van der Waals surface area (Å²) in [6.45, 7) is 8.20. The summed E-state index contributed by atoms with van der Waals surface area (Å²) in [6.07, 6.45) is 1.09. The van der Waals surface area contributed by atoms with Crippen LogP contribution in [0.3, 0.4) is 0 Å². The molecule has 106 valence electrons. The van der Waals surface area contributed by atoms with Gasteiger partial charge in [-0.1, -0.05) is 26.0 Å². The molecule has 0 spiro atoms. The Balaban J connectivity index is 2.58. The summed E-state index contributed by atoms with van der Waals surface area (Å²) in [4.78, 5) is 10.6. The summed E-state index contributed by atoms with van der Waals surface area (Å²) in [5.74, 6) is 0.666. The Morgan fingerprint density at radius 3 is 2.84 bits per heavy atom. The molecule has 0 aliphatic carbocycles. The molecule has 5 nitrogen and oxygen atoms in total. The second-order valence-electron chi connectivity index (χ2n) is 4.80. The van der Waals surface area contributed by atoms with E-state index in [2.05, 4.69) is 19.2 Å². The molecule has 0 fully saturated rings. The second-order valence-corrected chi connectivity index (χ2v) is 4.80. The maximum atomic E-state index is 11.0. The first kappa shape index (κ1) is 15.4. The van der Waals surface area contributed by atoms with E-state index in [0.717, 1.165) is 19.5 Å². The molecular weight excluding hydrogens is 244 g/mol. The third kappa shape index (κ3) is 4.87. The maximum Gasteiger partial charge on any atom is 0.313 e. The first-order valence-corrected chi connectivity index (χ1v) is 6.63. The minimum absolute atomic E-state index is 0.0659. The number of nitro groups is 1. The van der Waals surface area contributed by atoms with Gasteiger partial charge in [-0.2, -0.15) is 0 Å². The standard InChI is InChI=1S/C14H22N2O3/c1-4-8-15-9-11(2)10-19-13-7-5-6-12(3)14(13)16(17)18/h5-7,11,15H,4,8-10H2,1-3H3. The van der Waals surface area contributed by atoms with Crippen LogP contribution in [-0.2, 0) is 0 Å². The van der Waals surface area contributed by atoms with Crippen LogP contribution < -0.4 is 10.1 Å². The molecule has 0 aliphatic rings. The molecule has 1 N–H and O–H groups in total. The van der Waals surface area contributed by atoms with Crippen molar-refractivity contribution in [1.29, 1.82) is 0 Å². The summed E-state index contributed by atoms with van der Waals surface area (Å²) in [5.41, 5.74) is 0.690. The van der Waals surface area contributed by atoms with E-state index >= 15 is 0 Å². The van der Waals surface area contributed by atoms with Gasteiger partial charge in [0.05, 0.1) is 11.5 Å². The molecule has 1 atom stereocenters. The van der Waals surface area contributed by atoms with Gasteiger partial charge in [-0.25, -0.2) is 0 Å². The van der Waals surface area contributed by atoms with E-state index in [9.17, 15) is 10.1 Å². The van der Waals surface area contributed by atoms with Gasteiger partial charge in [0.2, 0.25) is 0 Å². The lowest BCUT2D eigenvalue weighted by Crippen LogP contribution is -2.25. The summed E-state index contributed by atoms with van der Waals surface area (Å²) in [6, 6.07) is 5.15. The number of nitrogens with one attached hydrogen (secondary N) is 1. The smallest absolute Gasteiger partial charge is 0.313 e. The molecule has 0 amide bonds. The van der Waals surface area contributed by atoms with Crippen LogP contribution in [0.5, 0.6) is 5.75 Å². The minimum Gasteiger partial charge on any atom is -0.486 e. The number of hydrogen-bond donors (Lipinski definition) is 1. The van der Waals surface area contributed by atoms with E-state index in [-0.39, 0.29) is 10.6 Å². The van der Waals surface area contributed by atoms with Crippen molar-refractivity contribution >= 4 is 5.69 Å². The number of hydrogen-bond acceptors (Lipinski definition) is 4. The summed E-state index contributed by atoms with van der Waals surface area (Å²) >= 11 is 0. The first-order chi connectivity index (χ1) is 9.06. The largest absolute Gasteiger partial charge is 0.486 e. The van der Waals surface area contributed by atoms with Gasteiger partial charge in [0.15, 0.2) is 5.75 Å².